The quantitative estimate of drug-likeness (QED) is 0.683. The van der Waals surface area contributed by atoms with Gasteiger partial charge in [0.25, 0.3) is 0 Å². The van der Waals surface area contributed by atoms with E-state index in [2.05, 4.69) is 5.92 Å². The van der Waals surface area contributed by atoms with Gasteiger partial charge in [-0.3, -0.25) is 0 Å². The molecule has 0 atom stereocenters. The SMILES string of the molecule is C#CCN(C)S(=O)(=O)c1c(Cl)cc(N)cc1Cl. The average molecular weight is 293 g/mol. The van der Waals surface area contributed by atoms with Crippen LogP contribution in [-0.4, -0.2) is 26.3 Å². The number of benzene rings is 1. The topological polar surface area (TPSA) is 63.4 Å². The molecule has 0 radical (unpaired) electrons. The summed E-state index contributed by atoms with van der Waals surface area (Å²) >= 11 is 11.7. The van der Waals surface area contributed by atoms with Crippen molar-refractivity contribution in [1.82, 2.24) is 4.31 Å². The van der Waals surface area contributed by atoms with Crippen LogP contribution in [0.25, 0.3) is 0 Å². The van der Waals surface area contributed by atoms with E-state index in [1.807, 2.05) is 0 Å². The molecule has 7 heteroatoms. The Morgan fingerprint density at radius 2 is 1.88 bits per heavy atom. The minimum Gasteiger partial charge on any atom is -0.399 e. The fourth-order valence-corrected chi connectivity index (χ4v) is 3.45. The molecule has 0 heterocycles. The van der Waals surface area contributed by atoms with Gasteiger partial charge in [-0.25, -0.2) is 8.42 Å². The van der Waals surface area contributed by atoms with E-state index in [0.717, 1.165) is 4.31 Å². The van der Waals surface area contributed by atoms with E-state index in [4.69, 9.17) is 35.4 Å². The third kappa shape index (κ3) is 2.85. The minimum absolute atomic E-state index is 0.0288. The standard InChI is InChI=1S/C10H10Cl2N2O2S/c1-3-4-14(2)17(15,16)10-8(11)5-7(13)6-9(10)12/h1,5-6H,4,13H2,2H3. The predicted octanol–water partition coefficient (Wildman–Crippen LogP) is 1.83. The van der Waals surface area contributed by atoms with Crippen LogP contribution in [0.3, 0.4) is 0 Å². The zero-order valence-corrected chi connectivity index (χ0v) is 11.3. The summed E-state index contributed by atoms with van der Waals surface area (Å²) in [5.74, 6) is 2.23. The molecule has 0 spiro atoms. The van der Waals surface area contributed by atoms with Crippen LogP contribution >= 0.6 is 23.2 Å². The molecule has 0 saturated carbocycles. The molecule has 4 nitrogen and oxygen atoms in total. The van der Waals surface area contributed by atoms with Gasteiger partial charge < -0.3 is 5.73 Å². The summed E-state index contributed by atoms with van der Waals surface area (Å²) in [5, 5.41) is -0.0576. The maximum Gasteiger partial charge on any atom is 0.246 e. The molecule has 0 aliphatic rings. The third-order valence-corrected chi connectivity index (χ3v) is 4.73. The van der Waals surface area contributed by atoms with Crippen molar-refractivity contribution in [3.05, 3.63) is 22.2 Å². The Labute approximate surface area is 110 Å². The lowest BCUT2D eigenvalue weighted by molar-refractivity contribution is 0.503. The summed E-state index contributed by atoms with van der Waals surface area (Å²) in [6.07, 6.45) is 5.06. The first-order valence-electron chi connectivity index (χ1n) is 4.45. The van der Waals surface area contributed by atoms with Gasteiger partial charge in [0.15, 0.2) is 0 Å². The normalized spacial score (nSPS) is 11.5. The summed E-state index contributed by atoms with van der Waals surface area (Å²) in [5.41, 5.74) is 5.79. The van der Waals surface area contributed by atoms with Gasteiger partial charge >= 0.3 is 0 Å². The monoisotopic (exact) mass is 292 g/mol. The highest BCUT2D eigenvalue weighted by molar-refractivity contribution is 7.89. The van der Waals surface area contributed by atoms with Crippen LogP contribution in [0.5, 0.6) is 0 Å². The van der Waals surface area contributed by atoms with E-state index in [0.29, 0.717) is 5.69 Å². The number of hydrogen-bond acceptors (Lipinski definition) is 3. The van der Waals surface area contributed by atoms with Gasteiger partial charge in [0.2, 0.25) is 10.0 Å². The molecule has 0 fully saturated rings. The van der Waals surface area contributed by atoms with Crippen molar-refractivity contribution < 1.29 is 8.42 Å². The van der Waals surface area contributed by atoms with E-state index in [1.165, 1.54) is 19.2 Å². The Balaban J connectivity index is 3.40. The zero-order chi connectivity index (χ0) is 13.2. The first-order valence-corrected chi connectivity index (χ1v) is 6.64. The number of terminal acetylenes is 1. The number of anilines is 1. The van der Waals surface area contributed by atoms with Crippen molar-refractivity contribution in [2.75, 3.05) is 19.3 Å². The molecule has 92 valence electrons. The van der Waals surface area contributed by atoms with Crippen molar-refractivity contribution in [2.45, 2.75) is 4.90 Å². The second kappa shape index (κ2) is 5.15. The number of rotatable bonds is 3. The van der Waals surface area contributed by atoms with Crippen LogP contribution in [0.15, 0.2) is 17.0 Å². The second-order valence-electron chi connectivity index (χ2n) is 3.28. The van der Waals surface area contributed by atoms with Crippen molar-refractivity contribution >= 4 is 38.9 Å². The van der Waals surface area contributed by atoms with E-state index < -0.39 is 10.0 Å². The first kappa shape index (κ1) is 14.1. The third-order valence-electron chi connectivity index (χ3n) is 2.00. The van der Waals surface area contributed by atoms with Gasteiger partial charge in [-0.1, -0.05) is 29.1 Å². The molecule has 0 unspecified atom stereocenters. The number of nitrogens with two attached hydrogens (primary N) is 1. The number of nitrogens with zero attached hydrogens (tertiary/aromatic N) is 1. The minimum atomic E-state index is -3.81. The van der Waals surface area contributed by atoms with Gasteiger partial charge in [-0.05, 0) is 12.1 Å². The lowest BCUT2D eigenvalue weighted by atomic mass is 10.3. The van der Waals surface area contributed by atoms with Gasteiger partial charge in [0.1, 0.15) is 4.90 Å². The van der Waals surface area contributed by atoms with Gasteiger partial charge in [0.05, 0.1) is 16.6 Å². The molecule has 0 aromatic heterocycles. The number of halogens is 2. The molecule has 0 bridgehead atoms. The maximum absolute atomic E-state index is 12.1. The van der Waals surface area contributed by atoms with Crippen molar-refractivity contribution in [3.8, 4) is 12.3 Å². The van der Waals surface area contributed by atoms with Crippen LogP contribution in [0.2, 0.25) is 10.0 Å². The highest BCUT2D eigenvalue weighted by atomic mass is 35.5. The van der Waals surface area contributed by atoms with Crippen LogP contribution in [0, 0.1) is 12.3 Å². The first-order chi connectivity index (χ1) is 7.80. The molecule has 0 aliphatic heterocycles. The van der Waals surface area contributed by atoms with E-state index in [9.17, 15) is 8.42 Å². The van der Waals surface area contributed by atoms with Crippen LogP contribution in [-0.2, 0) is 10.0 Å². The molecule has 1 aromatic carbocycles. The van der Waals surface area contributed by atoms with Crippen LogP contribution < -0.4 is 5.73 Å². The van der Waals surface area contributed by atoms with Gasteiger partial charge in [0, 0.05) is 12.7 Å². The average Bonchev–Trinajstić information content (AvgIpc) is 2.15. The lowest BCUT2D eigenvalue weighted by Gasteiger charge is -2.16. The fraction of sp³-hybridized carbons (Fsp3) is 0.200. The summed E-state index contributed by atoms with van der Waals surface area (Å²) in [6.45, 7) is -0.0701. The van der Waals surface area contributed by atoms with E-state index in [1.54, 1.807) is 0 Å². The molecule has 2 N–H and O–H groups in total. The number of nitrogen functional groups attached to an aromatic ring is 1. The van der Waals surface area contributed by atoms with Crippen LogP contribution in [0.1, 0.15) is 0 Å². The Kier molecular flexibility index (Phi) is 4.28. The summed E-state index contributed by atoms with van der Waals surface area (Å²) in [4.78, 5) is -0.187. The molecule has 0 aliphatic carbocycles. The predicted molar refractivity (Wildman–Crippen MR) is 69.5 cm³/mol. The lowest BCUT2D eigenvalue weighted by Crippen LogP contribution is -2.27. The molecular weight excluding hydrogens is 283 g/mol. The maximum atomic E-state index is 12.1. The Hall–Kier alpha value is -0.930. The van der Waals surface area contributed by atoms with Crippen molar-refractivity contribution in [2.24, 2.45) is 0 Å². The summed E-state index contributed by atoms with van der Waals surface area (Å²) in [7, 11) is -2.46. The highest BCUT2D eigenvalue weighted by Gasteiger charge is 2.26. The number of sulfonamides is 1. The van der Waals surface area contributed by atoms with E-state index in [-0.39, 0.29) is 21.5 Å². The van der Waals surface area contributed by atoms with E-state index >= 15 is 0 Å². The molecule has 0 amide bonds. The Morgan fingerprint density at radius 3 is 2.29 bits per heavy atom. The summed E-state index contributed by atoms with van der Waals surface area (Å²) in [6, 6.07) is 2.65. The fourth-order valence-electron chi connectivity index (χ4n) is 1.20. The Morgan fingerprint density at radius 1 is 1.41 bits per heavy atom. The largest absolute Gasteiger partial charge is 0.399 e. The highest BCUT2D eigenvalue weighted by Crippen LogP contribution is 2.33. The zero-order valence-electron chi connectivity index (χ0n) is 8.94. The van der Waals surface area contributed by atoms with Crippen molar-refractivity contribution in [3.63, 3.8) is 0 Å². The second-order valence-corrected chi connectivity index (χ2v) is 6.08. The molecule has 1 aromatic rings. The van der Waals surface area contributed by atoms with Gasteiger partial charge in [-0.15, -0.1) is 6.42 Å². The van der Waals surface area contributed by atoms with Gasteiger partial charge in [-0.2, -0.15) is 4.31 Å². The Bertz CT molecular complexity index is 555. The van der Waals surface area contributed by atoms with Crippen molar-refractivity contribution in [1.29, 1.82) is 0 Å². The van der Waals surface area contributed by atoms with Crippen LogP contribution in [0.4, 0.5) is 5.69 Å². The molecule has 0 saturated heterocycles. The molecular formula is C10H10Cl2N2O2S. The molecule has 1 rings (SSSR count). The number of hydrogen-bond donors (Lipinski definition) is 1. The summed E-state index contributed by atoms with van der Waals surface area (Å²) < 4.78 is 25.2. The smallest absolute Gasteiger partial charge is 0.246 e. The molecule has 17 heavy (non-hydrogen) atoms.